The van der Waals surface area contributed by atoms with E-state index in [0.717, 1.165) is 10.2 Å². The molecule has 0 unspecified atom stereocenters. The van der Waals surface area contributed by atoms with Gasteiger partial charge in [-0.05, 0) is 34.5 Å². The average Bonchev–Trinajstić information content (AvgIpc) is 2.63. The number of fused-ring (bicyclic) bond motifs is 1. The number of hydrogen-bond donors (Lipinski definition) is 3. The summed E-state index contributed by atoms with van der Waals surface area (Å²) in [6, 6.07) is 1.80. The summed E-state index contributed by atoms with van der Waals surface area (Å²) in [5, 5.41) is 20.7. The normalized spacial score (nSPS) is 12.0. The highest BCUT2D eigenvalue weighted by Crippen LogP contribution is 2.25. The summed E-state index contributed by atoms with van der Waals surface area (Å²) in [7, 11) is 0. The lowest BCUT2D eigenvalue weighted by molar-refractivity contribution is -0.0788. The van der Waals surface area contributed by atoms with Crippen molar-refractivity contribution in [3.63, 3.8) is 0 Å². The molecule has 0 aliphatic rings. The van der Waals surface area contributed by atoms with Gasteiger partial charge in [0.2, 0.25) is 5.12 Å². The van der Waals surface area contributed by atoms with Crippen molar-refractivity contribution >= 4 is 40.3 Å². The summed E-state index contributed by atoms with van der Waals surface area (Å²) >= 11 is 7.06. The molecule has 0 radical (unpaired) electrons. The van der Waals surface area contributed by atoms with E-state index < -0.39 is 5.12 Å². The first kappa shape index (κ1) is 13.5. The number of aryl methyl sites for hydroxylation is 1. The Morgan fingerprint density at radius 3 is 2.89 bits per heavy atom. The Hall–Kier alpha value is -0.890. The van der Waals surface area contributed by atoms with Gasteiger partial charge in [0.15, 0.2) is 5.65 Å². The van der Waals surface area contributed by atoms with Crippen LogP contribution in [-0.4, -0.2) is 29.9 Å². The molecule has 0 aliphatic heterocycles. The van der Waals surface area contributed by atoms with Gasteiger partial charge in [0, 0.05) is 12.6 Å². The first-order chi connectivity index (χ1) is 8.42. The van der Waals surface area contributed by atoms with Crippen molar-refractivity contribution in [2.75, 3.05) is 0 Å². The third-order valence-corrected chi connectivity index (χ3v) is 3.50. The van der Waals surface area contributed by atoms with Crippen LogP contribution in [0, 0.1) is 0 Å². The fraction of sp³-hybridized carbons (Fsp3) is 0.273. The van der Waals surface area contributed by atoms with Crippen LogP contribution in [0.5, 0.6) is 0 Å². The van der Waals surface area contributed by atoms with Gasteiger partial charge in [-0.2, -0.15) is 5.10 Å². The van der Waals surface area contributed by atoms with Crippen molar-refractivity contribution in [3.05, 3.63) is 34.7 Å². The van der Waals surface area contributed by atoms with Gasteiger partial charge in [-0.15, -0.1) is 12.6 Å². The van der Waals surface area contributed by atoms with E-state index in [9.17, 15) is 10.2 Å². The van der Waals surface area contributed by atoms with E-state index in [0.29, 0.717) is 17.8 Å². The smallest absolute Gasteiger partial charge is 0.210 e. The van der Waals surface area contributed by atoms with Crippen LogP contribution >= 0.6 is 28.6 Å². The van der Waals surface area contributed by atoms with E-state index in [1.807, 2.05) is 0 Å². The molecule has 0 saturated heterocycles. The minimum absolute atomic E-state index is 0.0714. The van der Waals surface area contributed by atoms with E-state index in [1.54, 1.807) is 22.9 Å². The predicted molar refractivity (Wildman–Crippen MR) is 75.3 cm³/mol. The zero-order valence-corrected chi connectivity index (χ0v) is 11.9. The zero-order chi connectivity index (χ0) is 13.3. The topological polar surface area (TPSA) is 70.7 Å². The third kappa shape index (κ3) is 2.74. The van der Waals surface area contributed by atoms with Gasteiger partial charge < -0.3 is 10.2 Å². The quantitative estimate of drug-likeness (QED) is 0.589. The van der Waals surface area contributed by atoms with Crippen LogP contribution in [0.4, 0.5) is 0 Å². The van der Waals surface area contributed by atoms with E-state index in [1.165, 1.54) is 0 Å². The molecule has 2 aromatic heterocycles. The Morgan fingerprint density at radius 2 is 2.28 bits per heavy atom. The maximum atomic E-state index is 9.18. The maximum absolute atomic E-state index is 9.18. The lowest BCUT2D eigenvalue weighted by Crippen LogP contribution is -2.20. The molecule has 18 heavy (non-hydrogen) atoms. The predicted octanol–water partition coefficient (Wildman–Crippen LogP) is 1.64. The zero-order valence-electron chi connectivity index (χ0n) is 9.41. The van der Waals surface area contributed by atoms with Crippen molar-refractivity contribution in [3.8, 4) is 0 Å². The average molecular weight is 330 g/mol. The molecular formula is C11H12BrN3O2S. The molecule has 7 heteroatoms. The van der Waals surface area contributed by atoms with Crippen LogP contribution in [0.25, 0.3) is 11.7 Å². The maximum Gasteiger partial charge on any atom is 0.210 e. The fourth-order valence-electron chi connectivity index (χ4n) is 1.58. The Balaban J connectivity index is 2.41. The Morgan fingerprint density at radius 1 is 1.56 bits per heavy atom. The lowest BCUT2D eigenvalue weighted by Gasteiger charge is -2.12. The Kier molecular flexibility index (Phi) is 3.76. The van der Waals surface area contributed by atoms with E-state index >= 15 is 0 Å². The van der Waals surface area contributed by atoms with Crippen molar-refractivity contribution < 1.29 is 10.2 Å². The molecule has 0 spiro atoms. The highest BCUT2D eigenvalue weighted by Gasteiger charge is 2.20. The fourth-order valence-corrected chi connectivity index (χ4v) is 2.24. The summed E-state index contributed by atoms with van der Waals surface area (Å²) in [6.07, 6.45) is 3.79. The molecule has 2 rings (SSSR count). The molecule has 0 aromatic carbocycles. The summed E-state index contributed by atoms with van der Waals surface area (Å²) in [4.78, 5) is 4.22. The molecule has 2 heterocycles. The highest BCUT2D eigenvalue weighted by atomic mass is 79.9. The molecule has 0 aliphatic carbocycles. The SMILES string of the molecule is C=Cc1ccnc2c(Br)c(CCC(O)(O)S)nn12. The Bertz CT molecular complexity index is 592. The molecule has 0 saturated carbocycles. The van der Waals surface area contributed by atoms with Crippen molar-refractivity contribution in [1.82, 2.24) is 14.6 Å². The monoisotopic (exact) mass is 329 g/mol. The summed E-state index contributed by atoms with van der Waals surface area (Å²) in [5.74, 6) is 0. The Labute approximate surface area is 118 Å². The van der Waals surface area contributed by atoms with Gasteiger partial charge in [-0.25, -0.2) is 9.50 Å². The van der Waals surface area contributed by atoms with Gasteiger partial charge in [-0.1, -0.05) is 6.58 Å². The number of halogens is 1. The second kappa shape index (κ2) is 5.00. The van der Waals surface area contributed by atoms with Gasteiger partial charge in [0.1, 0.15) is 0 Å². The minimum Gasteiger partial charge on any atom is -0.357 e. The van der Waals surface area contributed by atoms with Crippen LogP contribution in [0.1, 0.15) is 17.8 Å². The number of thiol groups is 1. The molecule has 2 N–H and O–H groups in total. The molecule has 5 nitrogen and oxygen atoms in total. The molecule has 0 bridgehead atoms. The first-order valence-corrected chi connectivity index (χ1v) is 6.48. The van der Waals surface area contributed by atoms with Crippen LogP contribution in [0.3, 0.4) is 0 Å². The van der Waals surface area contributed by atoms with Crippen molar-refractivity contribution in [2.24, 2.45) is 0 Å². The molecule has 0 amide bonds. The highest BCUT2D eigenvalue weighted by molar-refractivity contribution is 9.10. The van der Waals surface area contributed by atoms with E-state index in [-0.39, 0.29) is 6.42 Å². The largest absolute Gasteiger partial charge is 0.357 e. The summed E-state index contributed by atoms with van der Waals surface area (Å²) in [5.41, 5.74) is 2.18. The second-order valence-corrected chi connectivity index (χ2v) is 5.35. The van der Waals surface area contributed by atoms with Gasteiger partial charge in [0.25, 0.3) is 0 Å². The number of aliphatic hydroxyl groups is 2. The van der Waals surface area contributed by atoms with Crippen LogP contribution < -0.4 is 0 Å². The van der Waals surface area contributed by atoms with Crippen LogP contribution in [-0.2, 0) is 6.42 Å². The molecular weight excluding hydrogens is 318 g/mol. The second-order valence-electron chi connectivity index (χ2n) is 3.84. The third-order valence-electron chi connectivity index (χ3n) is 2.46. The van der Waals surface area contributed by atoms with Crippen molar-refractivity contribution in [1.29, 1.82) is 0 Å². The van der Waals surface area contributed by atoms with Gasteiger partial charge in [-0.3, -0.25) is 0 Å². The van der Waals surface area contributed by atoms with Crippen LogP contribution in [0.2, 0.25) is 0 Å². The number of rotatable bonds is 4. The number of nitrogens with zero attached hydrogens (tertiary/aromatic N) is 3. The summed E-state index contributed by atoms with van der Waals surface area (Å²) < 4.78 is 2.39. The number of hydrogen-bond acceptors (Lipinski definition) is 5. The van der Waals surface area contributed by atoms with Crippen molar-refractivity contribution in [2.45, 2.75) is 18.0 Å². The standard InChI is InChI=1S/C11H12BrN3O2S/c1-2-7-4-6-13-10-9(12)8(14-15(7)10)3-5-11(16,17)18/h2,4,6,16-18H,1,3,5H2. The van der Waals surface area contributed by atoms with E-state index in [2.05, 4.69) is 45.2 Å². The number of aromatic nitrogens is 3. The summed E-state index contributed by atoms with van der Waals surface area (Å²) in [6.45, 7) is 3.71. The minimum atomic E-state index is -2.00. The first-order valence-electron chi connectivity index (χ1n) is 5.24. The van der Waals surface area contributed by atoms with Gasteiger partial charge in [0.05, 0.1) is 15.9 Å². The van der Waals surface area contributed by atoms with Crippen LogP contribution in [0.15, 0.2) is 23.3 Å². The molecule has 0 fully saturated rings. The molecule has 0 atom stereocenters. The van der Waals surface area contributed by atoms with Gasteiger partial charge >= 0.3 is 0 Å². The molecule has 2 aromatic rings. The van der Waals surface area contributed by atoms with E-state index in [4.69, 9.17) is 0 Å². The molecule has 96 valence electrons. The lowest BCUT2D eigenvalue weighted by atomic mass is 10.2.